The largest absolute Gasteiger partial charge is 1.00 e. The van der Waals surface area contributed by atoms with Gasteiger partial charge in [-0.25, -0.2) is 5.43 Å². The third-order valence-electron chi connectivity index (χ3n) is 4.97. The van der Waals surface area contributed by atoms with Gasteiger partial charge in [0, 0.05) is 12.4 Å². The normalized spacial score (nSPS) is 11.4. The summed E-state index contributed by atoms with van der Waals surface area (Å²) in [6.07, 6.45) is 19.6. The smallest absolute Gasteiger partial charge is 0.550 e. The van der Waals surface area contributed by atoms with E-state index in [1.54, 1.807) is 0 Å². The summed E-state index contributed by atoms with van der Waals surface area (Å²) in [5.41, 5.74) is 4.62. The maximum atomic E-state index is 11.7. The molecule has 32 heavy (non-hydrogen) atoms. The third-order valence-corrected chi connectivity index (χ3v) is 4.97. The van der Waals surface area contributed by atoms with Gasteiger partial charge in [-0.05, 0) is 44.9 Å². The molecule has 1 unspecified atom stereocenters. The van der Waals surface area contributed by atoms with E-state index in [-0.39, 0.29) is 71.4 Å². The van der Waals surface area contributed by atoms with Gasteiger partial charge in [0.2, 0.25) is 5.91 Å². The van der Waals surface area contributed by atoms with Crippen LogP contribution in [0.3, 0.4) is 0 Å². The average Bonchev–Trinajstić information content (AvgIpc) is 2.70. The minimum Gasteiger partial charge on any atom is -0.550 e. The Balaban J connectivity index is -0.00000420. The standard InChI is InChI=1S/C23H42N2O5.2Na/c1-2-3-4-5-6-7-8-9-10-11-12-13-14-15-16-17-21(26)25-24-20(23(29)30)18-19-22(27)28;;/h9-10,20,24H,2-8,11-19H2,1H3,(H,25,26)(H,27,28)(H,29,30);;/q;2*+1/p-2/b10-9-;;. The van der Waals surface area contributed by atoms with Crippen molar-refractivity contribution in [3.63, 3.8) is 0 Å². The number of unbranched alkanes of at least 4 members (excludes halogenated alkanes) is 11. The number of carbonyl (C=O) groups is 3. The summed E-state index contributed by atoms with van der Waals surface area (Å²) in [6.45, 7) is 2.24. The molecule has 7 nitrogen and oxygen atoms in total. The van der Waals surface area contributed by atoms with Crippen molar-refractivity contribution in [3.05, 3.63) is 12.2 Å². The van der Waals surface area contributed by atoms with E-state index in [0.29, 0.717) is 6.42 Å². The van der Waals surface area contributed by atoms with E-state index in [0.717, 1.165) is 38.5 Å². The van der Waals surface area contributed by atoms with E-state index >= 15 is 0 Å². The van der Waals surface area contributed by atoms with Crippen molar-refractivity contribution in [1.29, 1.82) is 0 Å². The zero-order chi connectivity index (χ0) is 22.5. The fraction of sp³-hybridized carbons (Fsp3) is 0.783. The first-order valence-corrected chi connectivity index (χ1v) is 11.6. The van der Waals surface area contributed by atoms with Crippen LogP contribution in [0.25, 0.3) is 0 Å². The van der Waals surface area contributed by atoms with Gasteiger partial charge in [0.05, 0.1) is 12.0 Å². The average molecular weight is 471 g/mol. The molecule has 0 aliphatic rings. The predicted octanol–water partition coefficient (Wildman–Crippen LogP) is -3.70. The van der Waals surface area contributed by atoms with Crippen molar-refractivity contribution in [2.45, 2.75) is 116 Å². The van der Waals surface area contributed by atoms with E-state index in [9.17, 15) is 24.6 Å². The van der Waals surface area contributed by atoms with Crippen molar-refractivity contribution in [3.8, 4) is 0 Å². The number of aliphatic carboxylic acids is 2. The van der Waals surface area contributed by atoms with Gasteiger partial charge in [-0.15, -0.1) is 0 Å². The number of hydrazine groups is 1. The molecular formula is C23H40N2Na2O5. The quantitative estimate of drug-likeness (QED) is 0.0771. The SMILES string of the molecule is CCCCCCCC/C=C\CCCCCCCC(=O)NNC(CCC(=O)[O-])C(=O)[O-].[Na+].[Na+]. The molecule has 0 bridgehead atoms. The van der Waals surface area contributed by atoms with Crippen LogP contribution in [0.4, 0.5) is 0 Å². The van der Waals surface area contributed by atoms with Crippen LogP contribution in [-0.2, 0) is 14.4 Å². The van der Waals surface area contributed by atoms with Gasteiger partial charge in [0.1, 0.15) is 0 Å². The molecule has 0 spiro atoms. The van der Waals surface area contributed by atoms with Crippen LogP contribution in [0.1, 0.15) is 110 Å². The Morgan fingerprint density at radius 1 is 0.750 bits per heavy atom. The summed E-state index contributed by atoms with van der Waals surface area (Å²) < 4.78 is 0. The molecule has 0 saturated heterocycles. The maximum Gasteiger partial charge on any atom is 1.00 e. The van der Waals surface area contributed by atoms with Gasteiger partial charge < -0.3 is 19.8 Å². The van der Waals surface area contributed by atoms with Crippen LogP contribution in [0, 0.1) is 0 Å². The third kappa shape index (κ3) is 26.4. The molecule has 0 aromatic rings. The van der Waals surface area contributed by atoms with Gasteiger partial charge in [-0.2, -0.15) is 0 Å². The molecule has 0 fully saturated rings. The van der Waals surface area contributed by atoms with Gasteiger partial charge in [0.25, 0.3) is 0 Å². The van der Waals surface area contributed by atoms with Crippen molar-refractivity contribution in [1.82, 2.24) is 10.9 Å². The molecule has 0 radical (unpaired) electrons. The van der Waals surface area contributed by atoms with Crippen LogP contribution in [0.2, 0.25) is 0 Å². The number of carboxylic acids is 2. The molecule has 0 saturated carbocycles. The van der Waals surface area contributed by atoms with Crippen molar-refractivity contribution in [2.24, 2.45) is 0 Å². The topological polar surface area (TPSA) is 121 Å². The van der Waals surface area contributed by atoms with Gasteiger partial charge >= 0.3 is 59.1 Å². The molecule has 1 atom stereocenters. The fourth-order valence-electron chi connectivity index (χ4n) is 3.10. The van der Waals surface area contributed by atoms with E-state index in [1.807, 2.05) is 0 Å². The molecule has 0 aromatic carbocycles. The summed E-state index contributed by atoms with van der Waals surface area (Å²) in [7, 11) is 0. The number of allylic oxidation sites excluding steroid dienone is 2. The Kier molecular flexibility index (Phi) is 31.4. The van der Waals surface area contributed by atoms with Gasteiger partial charge in [0.15, 0.2) is 0 Å². The molecule has 2 N–H and O–H groups in total. The van der Waals surface area contributed by atoms with Crippen LogP contribution in [0.15, 0.2) is 12.2 Å². The summed E-state index contributed by atoms with van der Waals surface area (Å²) in [6, 6.07) is -1.25. The molecular weight excluding hydrogens is 430 g/mol. The first-order valence-electron chi connectivity index (χ1n) is 11.6. The molecule has 0 aliphatic heterocycles. The van der Waals surface area contributed by atoms with E-state index in [2.05, 4.69) is 29.9 Å². The first-order chi connectivity index (χ1) is 14.5. The Morgan fingerprint density at radius 3 is 1.75 bits per heavy atom. The Labute approximate surface area is 238 Å². The second-order valence-electron chi connectivity index (χ2n) is 7.81. The van der Waals surface area contributed by atoms with E-state index in [4.69, 9.17) is 0 Å². The summed E-state index contributed by atoms with van der Waals surface area (Å²) in [5.74, 6) is -3.12. The van der Waals surface area contributed by atoms with Crippen molar-refractivity contribution < 1.29 is 83.7 Å². The van der Waals surface area contributed by atoms with Crippen LogP contribution in [-0.4, -0.2) is 23.9 Å². The minimum atomic E-state index is -1.46. The molecule has 9 heteroatoms. The molecule has 0 heterocycles. The fourth-order valence-corrected chi connectivity index (χ4v) is 3.10. The molecule has 0 aliphatic carbocycles. The number of hydrogen-bond donors (Lipinski definition) is 2. The first kappa shape index (κ1) is 36.7. The van der Waals surface area contributed by atoms with E-state index < -0.39 is 24.4 Å². The number of nitrogens with one attached hydrogen (secondary N) is 2. The van der Waals surface area contributed by atoms with Crippen molar-refractivity contribution >= 4 is 17.8 Å². The Hall–Kier alpha value is 0.110. The Morgan fingerprint density at radius 2 is 1.25 bits per heavy atom. The zero-order valence-corrected chi connectivity index (χ0v) is 24.6. The summed E-state index contributed by atoms with van der Waals surface area (Å²) >= 11 is 0. The number of carboxylic acid groups (broad SMARTS) is 2. The number of amides is 1. The van der Waals surface area contributed by atoms with Crippen LogP contribution >= 0.6 is 0 Å². The van der Waals surface area contributed by atoms with Crippen molar-refractivity contribution in [2.75, 3.05) is 0 Å². The molecule has 0 rings (SSSR count). The van der Waals surface area contributed by atoms with Crippen LogP contribution in [0.5, 0.6) is 0 Å². The predicted molar refractivity (Wildman–Crippen MR) is 114 cm³/mol. The molecule has 1 amide bonds. The summed E-state index contributed by atoms with van der Waals surface area (Å²) in [5, 5.41) is 21.3. The molecule has 174 valence electrons. The van der Waals surface area contributed by atoms with Crippen LogP contribution < -0.4 is 80.2 Å². The number of carbonyl (C=O) groups excluding carboxylic acids is 3. The van der Waals surface area contributed by atoms with E-state index in [1.165, 1.54) is 44.9 Å². The maximum absolute atomic E-state index is 11.7. The molecule has 0 aromatic heterocycles. The number of rotatable bonds is 21. The minimum absolute atomic E-state index is 0. The Bertz CT molecular complexity index is 505. The zero-order valence-electron chi connectivity index (χ0n) is 20.6. The van der Waals surface area contributed by atoms with Gasteiger partial charge in [-0.1, -0.05) is 70.4 Å². The number of hydrogen-bond acceptors (Lipinski definition) is 6. The van der Waals surface area contributed by atoms with Gasteiger partial charge in [-0.3, -0.25) is 10.2 Å². The summed E-state index contributed by atoms with van der Waals surface area (Å²) in [4.78, 5) is 33.0. The monoisotopic (exact) mass is 470 g/mol. The second-order valence-corrected chi connectivity index (χ2v) is 7.81. The second kappa shape index (κ2) is 27.4.